The molecule has 1 N–H and O–H groups in total. The topological polar surface area (TPSA) is 64.6 Å². The summed E-state index contributed by atoms with van der Waals surface area (Å²) < 4.78 is 10.5. The summed E-state index contributed by atoms with van der Waals surface area (Å²) in [6, 6.07) is -0.617. The highest BCUT2D eigenvalue weighted by Gasteiger charge is 2.23. The maximum Gasteiger partial charge on any atom is 0.407 e. The molecule has 0 aromatic carbocycles. The summed E-state index contributed by atoms with van der Waals surface area (Å²) in [5, 5.41) is 2.64. The van der Waals surface area contributed by atoms with Crippen LogP contribution in [0.1, 0.15) is 79.6 Å². The van der Waals surface area contributed by atoms with Crippen molar-refractivity contribution < 1.29 is 19.1 Å². The normalized spacial score (nSPS) is 12.6. The molecule has 0 heterocycles. The van der Waals surface area contributed by atoms with Crippen molar-refractivity contribution in [3.8, 4) is 0 Å². The first kappa shape index (κ1) is 21.7. The van der Waals surface area contributed by atoms with Crippen molar-refractivity contribution in [1.82, 2.24) is 5.32 Å². The Hall–Kier alpha value is -1.26. The fraction of sp³-hybridized carbons (Fsp3) is 0.889. The average Bonchev–Trinajstić information content (AvgIpc) is 2.48. The standard InChI is InChI=1S/C18H35NO4/c1-6-8-10-11-13-22-16(20)15(12-9-7-2)19-17(21)23-14-18(3,4)5/h15H,6-14H2,1-5H3,(H,19,21). The maximum absolute atomic E-state index is 12.1. The summed E-state index contributed by atoms with van der Waals surface area (Å²) in [7, 11) is 0. The van der Waals surface area contributed by atoms with Gasteiger partial charge in [-0.15, -0.1) is 0 Å². The smallest absolute Gasteiger partial charge is 0.407 e. The maximum atomic E-state index is 12.1. The molecule has 23 heavy (non-hydrogen) atoms. The summed E-state index contributed by atoms with van der Waals surface area (Å²) in [6.45, 7) is 10.9. The second kappa shape index (κ2) is 12.2. The van der Waals surface area contributed by atoms with Crippen molar-refractivity contribution >= 4 is 12.1 Å². The third-order valence-electron chi connectivity index (χ3n) is 3.30. The molecule has 0 bridgehead atoms. The molecule has 0 spiro atoms. The van der Waals surface area contributed by atoms with Gasteiger partial charge in [-0.25, -0.2) is 9.59 Å². The van der Waals surface area contributed by atoms with Crippen LogP contribution in [0.2, 0.25) is 0 Å². The Morgan fingerprint density at radius 3 is 2.17 bits per heavy atom. The van der Waals surface area contributed by atoms with Gasteiger partial charge in [-0.3, -0.25) is 0 Å². The van der Waals surface area contributed by atoms with Gasteiger partial charge in [0.15, 0.2) is 0 Å². The van der Waals surface area contributed by atoms with Gasteiger partial charge in [0.2, 0.25) is 0 Å². The summed E-state index contributed by atoms with van der Waals surface area (Å²) in [5.74, 6) is -0.359. The minimum Gasteiger partial charge on any atom is -0.464 e. The predicted octanol–water partition coefficient (Wildman–Crippen LogP) is 4.44. The molecule has 0 aliphatic rings. The number of esters is 1. The van der Waals surface area contributed by atoms with Gasteiger partial charge >= 0.3 is 12.1 Å². The van der Waals surface area contributed by atoms with Crippen LogP contribution in [-0.4, -0.2) is 31.3 Å². The Bertz CT molecular complexity index is 336. The van der Waals surface area contributed by atoms with Crippen LogP contribution in [0.3, 0.4) is 0 Å². The number of amides is 1. The molecule has 5 nitrogen and oxygen atoms in total. The van der Waals surface area contributed by atoms with E-state index in [0.29, 0.717) is 19.6 Å². The predicted molar refractivity (Wildman–Crippen MR) is 92.4 cm³/mol. The lowest BCUT2D eigenvalue weighted by Gasteiger charge is -2.21. The zero-order chi connectivity index (χ0) is 17.7. The second-order valence-corrected chi connectivity index (χ2v) is 7.20. The third-order valence-corrected chi connectivity index (χ3v) is 3.30. The first-order chi connectivity index (χ1) is 10.8. The van der Waals surface area contributed by atoms with E-state index < -0.39 is 12.1 Å². The molecule has 136 valence electrons. The van der Waals surface area contributed by atoms with Gasteiger partial charge < -0.3 is 14.8 Å². The van der Waals surface area contributed by atoms with Gasteiger partial charge in [-0.2, -0.15) is 0 Å². The minimum atomic E-state index is -0.617. The molecule has 0 aromatic heterocycles. The Morgan fingerprint density at radius 1 is 0.957 bits per heavy atom. The van der Waals surface area contributed by atoms with Crippen LogP contribution < -0.4 is 5.32 Å². The van der Waals surface area contributed by atoms with Gasteiger partial charge in [-0.1, -0.05) is 66.7 Å². The van der Waals surface area contributed by atoms with Crippen molar-refractivity contribution in [2.24, 2.45) is 5.41 Å². The lowest BCUT2D eigenvalue weighted by atomic mass is 9.99. The molecule has 0 aliphatic carbocycles. The monoisotopic (exact) mass is 329 g/mol. The van der Waals surface area contributed by atoms with Crippen LogP contribution in [0.5, 0.6) is 0 Å². The van der Waals surface area contributed by atoms with E-state index in [2.05, 4.69) is 12.2 Å². The minimum absolute atomic E-state index is 0.101. The highest BCUT2D eigenvalue weighted by molar-refractivity contribution is 5.81. The Kier molecular flexibility index (Phi) is 11.5. The Morgan fingerprint density at radius 2 is 1.61 bits per heavy atom. The van der Waals surface area contributed by atoms with E-state index in [1.54, 1.807) is 0 Å². The number of unbranched alkanes of at least 4 members (excludes halogenated alkanes) is 4. The number of carbonyl (C=O) groups excluding carboxylic acids is 2. The molecule has 1 amide bonds. The van der Waals surface area contributed by atoms with Gasteiger partial charge in [-0.05, 0) is 18.3 Å². The molecule has 0 saturated heterocycles. The zero-order valence-electron chi connectivity index (χ0n) is 15.6. The van der Waals surface area contributed by atoms with E-state index in [1.165, 1.54) is 0 Å². The number of hydrogen-bond donors (Lipinski definition) is 1. The number of carbonyl (C=O) groups is 2. The van der Waals surface area contributed by atoms with Crippen LogP contribution in [0.15, 0.2) is 0 Å². The van der Waals surface area contributed by atoms with Crippen LogP contribution >= 0.6 is 0 Å². The van der Waals surface area contributed by atoms with E-state index in [-0.39, 0.29) is 11.4 Å². The van der Waals surface area contributed by atoms with Gasteiger partial charge in [0.25, 0.3) is 0 Å². The quantitative estimate of drug-likeness (QED) is 0.449. The molecule has 0 fully saturated rings. The van der Waals surface area contributed by atoms with Crippen molar-refractivity contribution in [3.05, 3.63) is 0 Å². The lowest BCUT2D eigenvalue weighted by molar-refractivity contribution is -0.146. The van der Waals surface area contributed by atoms with Crippen LogP contribution in [0.4, 0.5) is 4.79 Å². The summed E-state index contributed by atoms with van der Waals surface area (Å²) >= 11 is 0. The first-order valence-electron chi connectivity index (χ1n) is 8.90. The molecule has 1 atom stereocenters. The number of hydrogen-bond acceptors (Lipinski definition) is 4. The molecular formula is C18H35NO4. The molecule has 1 unspecified atom stereocenters. The number of nitrogens with one attached hydrogen (secondary N) is 1. The van der Waals surface area contributed by atoms with Gasteiger partial charge in [0.1, 0.15) is 6.04 Å². The zero-order valence-corrected chi connectivity index (χ0v) is 15.6. The summed E-state index contributed by atoms with van der Waals surface area (Å²) in [4.78, 5) is 24.0. The fourth-order valence-electron chi connectivity index (χ4n) is 1.93. The van der Waals surface area contributed by atoms with E-state index in [0.717, 1.165) is 38.5 Å². The van der Waals surface area contributed by atoms with E-state index in [9.17, 15) is 9.59 Å². The number of rotatable bonds is 11. The van der Waals surface area contributed by atoms with Crippen molar-refractivity contribution in [2.45, 2.75) is 85.6 Å². The molecular weight excluding hydrogens is 294 g/mol. The van der Waals surface area contributed by atoms with Crippen LogP contribution in [-0.2, 0) is 14.3 Å². The van der Waals surface area contributed by atoms with Gasteiger partial charge in [0, 0.05) is 0 Å². The average molecular weight is 329 g/mol. The molecule has 0 rings (SSSR count). The molecule has 0 saturated carbocycles. The highest BCUT2D eigenvalue weighted by atomic mass is 16.6. The molecule has 0 radical (unpaired) electrons. The number of alkyl carbamates (subject to hydrolysis) is 1. The lowest BCUT2D eigenvalue weighted by Crippen LogP contribution is -2.42. The van der Waals surface area contributed by atoms with E-state index in [4.69, 9.17) is 9.47 Å². The van der Waals surface area contributed by atoms with E-state index >= 15 is 0 Å². The van der Waals surface area contributed by atoms with Gasteiger partial charge in [0.05, 0.1) is 13.2 Å². The Balaban J connectivity index is 4.27. The molecule has 0 aromatic rings. The summed E-state index contributed by atoms with van der Waals surface area (Å²) in [5.41, 5.74) is -0.101. The summed E-state index contributed by atoms with van der Waals surface area (Å²) in [6.07, 6.45) is 6.06. The number of ether oxygens (including phenoxy) is 2. The van der Waals surface area contributed by atoms with Crippen LogP contribution in [0.25, 0.3) is 0 Å². The third kappa shape index (κ3) is 12.9. The van der Waals surface area contributed by atoms with Crippen molar-refractivity contribution in [3.63, 3.8) is 0 Å². The largest absolute Gasteiger partial charge is 0.464 e. The Labute approximate surface area is 141 Å². The SMILES string of the molecule is CCCCCCOC(=O)C(CCCC)NC(=O)OCC(C)(C)C. The molecule has 5 heteroatoms. The second-order valence-electron chi connectivity index (χ2n) is 7.20. The fourth-order valence-corrected chi connectivity index (χ4v) is 1.93. The van der Waals surface area contributed by atoms with Crippen molar-refractivity contribution in [1.29, 1.82) is 0 Å². The first-order valence-corrected chi connectivity index (χ1v) is 8.90. The van der Waals surface area contributed by atoms with Crippen molar-refractivity contribution in [2.75, 3.05) is 13.2 Å². The highest BCUT2D eigenvalue weighted by Crippen LogP contribution is 2.13. The van der Waals surface area contributed by atoms with Crippen LogP contribution in [0, 0.1) is 5.41 Å². The molecule has 0 aliphatic heterocycles. The van der Waals surface area contributed by atoms with E-state index in [1.807, 2.05) is 27.7 Å².